The number of para-hydroxylation sites is 2. The molecule has 25 heavy (non-hydrogen) atoms. The zero-order chi connectivity index (χ0) is 18.0. The van der Waals surface area contributed by atoms with Gasteiger partial charge in [0, 0.05) is 6.21 Å². The van der Waals surface area contributed by atoms with Crippen molar-refractivity contribution in [2.75, 3.05) is 5.01 Å². The molecule has 1 aliphatic rings. The Labute approximate surface area is 149 Å². The number of benzene rings is 2. The van der Waals surface area contributed by atoms with Gasteiger partial charge in [-0.3, -0.25) is 9.79 Å². The van der Waals surface area contributed by atoms with Crippen molar-refractivity contribution in [3.63, 3.8) is 0 Å². The summed E-state index contributed by atoms with van der Waals surface area (Å²) in [5.74, 6) is -2.06. The van der Waals surface area contributed by atoms with Gasteiger partial charge in [0.05, 0.1) is 27.7 Å². The Morgan fingerprint density at radius 1 is 1.24 bits per heavy atom. The van der Waals surface area contributed by atoms with Gasteiger partial charge in [-0.25, -0.2) is 4.79 Å². The lowest BCUT2D eigenvalue weighted by Crippen LogP contribution is -2.27. The van der Waals surface area contributed by atoms with Crippen LogP contribution in [0.2, 0.25) is 5.02 Å². The summed E-state index contributed by atoms with van der Waals surface area (Å²) < 4.78 is 0. The van der Waals surface area contributed by atoms with E-state index in [2.05, 4.69) is 10.1 Å². The predicted octanol–water partition coefficient (Wildman–Crippen LogP) is 3.78. The fraction of sp³-hybridized carbons (Fsp3) is 0.111. The average Bonchev–Trinajstić information content (AvgIpc) is 2.88. The van der Waals surface area contributed by atoms with Crippen LogP contribution >= 0.6 is 11.6 Å². The Kier molecular flexibility index (Phi) is 4.63. The number of aliphatic imine (C=N–C) groups is 1. The number of amides is 1. The first-order valence-electron chi connectivity index (χ1n) is 7.49. The molecule has 3 rings (SSSR count). The third-order valence-corrected chi connectivity index (χ3v) is 4.06. The van der Waals surface area contributed by atoms with Crippen LogP contribution in [-0.2, 0) is 4.79 Å². The molecule has 1 atom stereocenters. The van der Waals surface area contributed by atoms with Gasteiger partial charge in [-0.05, 0) is 31.2 Å². The molecule has 0 saturated heterocycles. The second kappa shape index (κ2) is 6.86. The number of aromatic carboxylic acids is 1. The third kappa shape index (κ3) is 3.29. The summed E-state index contributed by atoms with van der Waals surface area (Å²) in [4.78, 5) is 28.1. The summed E-state index contributed by atoms with van der Waals surface area (Å²) in [5.41, 5.74) is 1.33. The molecule has 126 valence electrons. The van der Waals surface area contributed by atoms with Crippen LogP contribution in [0, 0.1) is 5.92 Å². The number of carbonyl (C=O) groups is 2. The van der Waals surface area contributed by atoms with Crippen LogP contribution in [0.15, 0.2) is 58.6 Å². The highest BCUT2D eigenvalue weighted by molar-refractivity contribution is 6.34. The van der Waals surface area contributed by atoms with Crippen molar-refractivity contribution in [3.8, 4) is 0 Å². The minimum absolute atomic E-state index is 0.0243. The van der Waals surface area contributed by atoms with Crippen molar-refractivity contribution in [1.29, 1.82) is 0 Å². The molecule has 2 aromatic rings. The fourth-order valence-corrected chi connectivity index (χ4v) is 2.70. The Bertz CT molecular complexity index is 894. The van der Waals surface area contributed by atoms with Gasteiger partial charge in [-0.1, -0.05) is 35.9 Å². The summed E-state index contributed by atoms with van der Waals surface area (Å²) in [7, 11) is 0. The van der Waals surface area contributed by atoms with E-state index in [0.29, 0.717) is 11.4 Å². The number of hydrogen-bond donors (Lipinski definition) is 1. The summed E-state index contributed by atoms with van der Waals surface area (Å²) in [6, 6.07) is 13.5. The van der Waals surface area contributed by atoms with E-state index < -0.39 is 11.9 Å². The molecular weight excluding hydrogens is 342 g/mol. The molecule has 0 bridgehead atoms. The maximum absolute atomic E-state index is 12.6. The van der Waals surface area contributed by atoms with Crippen molar-refractivity contribution >= 4 is 46.8 Å². The number of rotatable bonds is 4. The molecular formula is C18H14ClN3O3. The van der Waals surface area contributed by atoms with E-state index in [9.17, 15) is 14.7 Å². The molecule has 2 aromatic carbocycles. The van der Waals surface area contributed by atoms with Crippen LogP contribution in [0.25, 0.3) is 0 Å². The first kappa shape index (κ1) is 16.9. The number of hydrazone groups is 1. The lowest BCUT2D eigenvalue weighted by Gasteiger charge is -2.12. The third-order valence-electron chi connectivity index (χ3n) is 3.75. The second-order valence-electron chi connectivity index (χ2n) is 5.42. The molecule has 0 fully saturated rings. The highest BCUT2D eigenvalue weighted by Gasteiger charge is 2.33. The largest absolute Gasteiger partial charge is 0.478 e. The van der Waals surface area contributed by atoms with Crippen molar-refractivity contribution in [2.45, 2.75) is 6.92 Å². The van der Waals surface area contributed by atoms with Crippen LogP contribution in [-0.4, -0.2) is 28.9 Å². The van der Waals surface area contributed by atoms with Crippen LogP contribution < -0.4 is 5.01 Å². The van der Waals surface area contributed by atoms with E-state index in [-0.39, 0.29) is 22.2 Å². The molecule has 0 saturated carbocycles. The average molecular weight is 356 g/mol. The molecule has 1 heterocycles. The van der Waals surface area contributed by atoms with Gasteiger partial charge in [0.25, 0.3) is 5.91 Å². The summed E-state index contributed by atoms with van der Waals surface area (Å²) in [6.45, 7) is 1.72. The molecule has 1 amide bonds. The molecule has 1 unspecified atom stereocenters. The molecule has 0 aromatic heterocycles. The smallest absolute Gasteiger partial charge is 0.337 e. The van der Waals surface area contributed by atoms with E-state index in [4.69, 9.17) is 11.6 Å². The summed E-state index contributed by atoms with van der Waals surface area (Å²) in [6.07, 6.45) is 1.39. The maximum Gasteiger partial charge on any atom is 0.337 e. The monoisotopic (exact) mass is 355 g/mol. The van der Waals surface area contributed by atoms with Crippen LogP contribution in [0.5, 0.6) is 0 Å². The lowest BCUT2D eigenvalue weighted by molar-refractivity contribution is -0.118. The van der Waals surface area contributed by atoms with Crippen LogP contribution in [0.3, 0.4) is 0 Å². The number of nitrogens with zero attached hydrogens (tertiary/aromatic N) is 3. The number of carboxylic acids is 1. The van der Waals surface area contributed by atoms with E-state index >= 15 is 0 Å². The Morgan fingerprint density at radius 3 is 2.64 bits per heavy atom. The van der Waals surface area contributed by atoms with Gasteiger partial charge in [0.2, 0.25) is 0 Å². The number of carbonyl (C=O) groups excluding carboxylic acids is 1. The Morgan fingerprint density at radius 2 is 1.96 bits per heavy atom. The van der Waals surface area contributed by atoms with E-state index in [1.807, 2.05) is 18.2 Å². The van der Waals surface area contributed by atoms with Gasteiger partial charge in [0.15, 0.2) is 0 Å². The molecule has 0 spiro atoms. The molecule has 7 heteroatoms. The van der Waals surface area contributed by atoms with Crippen molar-refractivity contribution in [1.82, 2.24) is 0 Å². The number of anilines is 1. The van der Waals surface area contributed by atoms with Gasteiger partial charge < -0.3 is 5.11 Å². The predicted molar refractivity (Wildman–Crippen MR) is 97.1 cm³/mol. The summed E-state index contributed by atoms with van der Waals surface area (Å²) in [5, 5.41) is 15.0. The van der Waals surface area contributed by atoms with Gasteiger partial charge in [-0.15, -0.1) is 0 Å². The Hall–Kier alpha value is -2.99. The topological polar surface area (TPSA) is 82.3 Å². The lowest BCUT2D eigenvalue weighted by atomic mass is 10.1. The zero-order valence-electron chi connectivity index (χ0n) is 13.3. The first-order valence-corrected chi connectivity index (χ1v) is 7.87. The van der Waals surface area contributed by atoms with E-state index in [1.165, 1.54) is 23.4 Å². The normalized spacial score (nSPS) is 17.2. The van der Waals surface area contributed by atoms with Crippen molar-refractivity contribution in [3.05, 3.63) is 59.1 Å². The van der Waals surface area contributed by atoms with E-state index in [1.54, 1.807) is 25.1 Å². The van der Waals surface area contributed by atoms with Crippen molar-refractivity contribution in [2.24, 2.45) is 16.0 Å². The minimum atomic E-state index is -1.14. The fourth-order valence-electron chi connectivity index (χ4n) is 2.47. The maximum atomic E-state index is 12.6. The zero-order valence-corrected chi connectivity index (χ0v) is 14.0. The number of hydrogen-bond acceptors (Lipinski definition) is 4. The van der Waals surface area contributed by atoms with Crippen molar-refractivity contribution < 1.29 is 14.7 Å². The quantitative estimate of drug-likeness (QED) is 0.847. The highest BCUT2D eigenvalue weighted by atomic mass is 35.5. The van der Waals surface area contributed by atoms with E-state index in [0.717, 1.165) is 0 Å². The molecule has 0 aliphatic carbocycles. The molecule has 1 N–H and O–H groups in total. The molecule has 1 aliphatic heterocycles. The Balaban J connectivity index is 1.90. The van der Waals surface area contributed by atoms with Crippen LogP contribution in [0.1, 0.15) is 17.3 Å². The number of carboxylic acid groups (broad SMARTS) is 1. The second-order valence-corrected chi connectivity index (χ2v) is 5.83. The SMILES string of the molecule is CC1=NN(c2ccccc2)C(=O)C1C=Nc1c(Cl)cccc1C(=O)O. The van der Waals surface area contributed by atoms with Gasteiger partial charge in [0.1, 0.15) is 5.92 Å². The first-order chi connectivity index (χ1) is 12.0. The number of halogens is 1. The minimum Gasteiger partial charge on any atom is -0.478 e. The summed E-state index contributed by atoms with van der Waals surface area (Å²) >= 11 is 6.05. The molecule has 0 radical (unpaired) electrons. The van der Waals surface area contributed by atoms with Gasteiger partial charge >= 0.3 is 5.97 Å². The highest BCUT2D eigenvalue weighted by Crippen LogP contribution is 2.30. The molecule has 6 nitrogen and oxygen atoms in total. The van der Waals surface area contributed by atoms with Crippen LogP contribution in [0.4, 0.5) is 11.4 Å². The standard InChI is InChI=1S/C18H14ClN3O3/c1-11-14(17(23)22(21-11)12-6-3-2-4-7-12)10-20-16-13(18(24)25)8-5-9-15(16)19/h2-10,14H,1H3,(H,24,25). The van der Waals surface area contributed by atoms with Gasteiger partial charge in [-0.2, -0.15) is 10.1 Å².